The molecule has 0 radical (unpaired) electrons. The van der Waals surface area contributed by atoms with Gasteiger partial charge >= 0.3 is 0 Å². The molecule has 0 heterocycles. The fraction of sp³-hybridized carbons (Fsp3) is 0.231. The summed E-state index contributed by atoms with van der Waals surface area (Å²) in [6.07, 6.45) is 0.349. The number of amides is 2. The Hall–Kier alpha value is -2.54. The smallest absolute Gasteiger partial charge is 0.261 e. The van der Waals surface area contributed by atoms with Crippen LogP contribution in [0, 0.1) is 0 Å². The van der Waals surface area contributed by atoms with Gasteiger partial charge in [0.2, 0.25) is 5.91 Å². The van der Waals surface area contributed by atoms with Gasteiger partial charge in [-0.2, -0.15) is 0 Å². The molecule has 3 aromatic rings. The molecule has 0 spiro atoms. The largest absolute Gasteiger partial charge is 0.484 e. The van der Waals surface area contributed by atoms with Gasteiger partial charge in [0.15, 0.2) is 6.61 Å². The molecule has 0 saturated carbocycles. The first-order valence-electron chi connectivity index (χ1n) is 10.8. The second-order valence-corrected chi connectivity index (χ2v) is 9.36. The number of hydrogen-bond acceptors (Lipinski definition) is 3. The molecule has 0 aromatic heterocycles. The van der Waals surface area contributed by atoms with Crippen LogP contribution in [0.3, 0.4) is 0 Å². The van der Waals surface area contributed by atoms with Crippen molar-refractivity contribution in [2.24, 2.45) is 0 Å². The fourth-order valence-electron chi connectivity index (χ4n) is 3.44. The number of nitrogens with zero attached hydrogens (tertiary/aromatic N) is 1. The lowest BCUT2D eigenvalue weighted by molar-refractivity contribution is -0.142. The first kappa shape index (κ1) is 26.1. The van der Waals surface area contributed by atoms with E-state index in [0.717, 1.165) is 10.0 Å². The highest BCUT2D eigenvalue weighted by Crippen LogP contribution is 2.24. The van der Waals surface area contributed by atoms with Crippen LogP contribution in [-0.4, -0.2) is 35.9 Å². The Balaban J connectivity index is 1.91. The number of rotatable bonds is 10. The fourth-order valence-corrected chi connectivity index (χ4v) is 4.17. The highest BCUT2D eigenvalue weighted by Gasteiger charge is 2.31. The number of hydrogen-bond donors (Lipinski definition) is 1. The van der Waals surface area contributed by atoms with Gasteiger partial charge in [0.1, 0.15) is 11.8 Å². The Morgan fingerprint density at radius 1 is 1.03 bits per heavy atom. The zero-order valence-electron chi connectivity index (χ0n) is 18.6. The number of carbonyl (C=O) groups excluding carboxylic acids is 2. The summed E-state index contributed by atoms with van der Waals surface area (Å²) in [5.74, 6) is -0.0202. The van der Waals surface area contributed by atoms with Crippen LogP contribution in [-0.2, 0) is 22.6 Å². The molecule has 0 fully saturated rings. The highest BCUT2D eigenvalue weighted by atomic mass is 79.9. The summed E-state index contributed by atoms with van der Waals surface area (Å²) in [6.45, 7) is 2.20. The van der Waals surface area contributed by atoms with Crippen LogP contribution < -0.4 is 10.1 Å². The third-order valence-electron chi connectivity index (χ3n) is 5.15. The van der Waals surface area contributed by atoms with Crippen molar-refractivity contribution >= 4 is 50.9 Å². The van der Waals surface area contributed by atoms with Gasteiger partial charge in [0.25, 0.3) is 5.91 Å². The van der Waals surface area contributed by atoms with Gasteiger partial charge in [-0.3, -0.25) is 9.59 Å². The topological polar surface area (TPSA) is 58.6 Å². The van der Waals surface area contributed by atoms with E-state index in [1.807, 2.05) is 49.4 Å². The van der Waals surface area contributed by atoms with Crippen LogP contribution in [0.25, 0.3) is 0 Å². The van der Waals surface area contributed by atoms with Gasteiger partial charge in [-0.25, -0.2) is 0 Å². The Morgan fingerprint density at radius 3 is 2.38 bits per heavy atom. The van der Waals surface area contributed by atoms with Crippen LogP contribution >= 0.6 is 39.1 Å². The Bertz CT molecular complexity index is 1110. The van der Waals surface area contributed by atoms with Crippen LogP contribution in [0.1, 0.15) is 18.1 Å². The molecule has 8 heteroatoms. The van der Waals surface area contributed by atoms with Crippen LogP contribution in [0.5, 0.6) is 5.75 Å². The molecular weight excluding hydrogens is 539 g/mol. The maximum atomic E-state index is 13.4. The van der Waals surface area contributed by atoms with Crippen molar-refractivity contribution in [1.82, 2.24) is 10.2 Å². The van der Waals surface area contributed by atoms with Crippen molar-refractivity contribution in [3.05, 3.63) is 98.4 Å². The molecule has 0 saturated heterocycles. The van der Waals surface area contributed by atoms with Gasteiger partial charge in [0.05, 0.1) is 0 Å². The second-order valence-electron chi connectivity index (χ2n) is 7.60. The highest BCUT2D eigenvalue weighted by molar-refractivity contribution is 9.10. The van der Waals surface area contributed by atoms with Crippen molar-refractivity contribution in [1.29, 1.82) is 0 Å². The summed E-state index contributed by atoms with van der Waals surface area (Å²) in [5, 5.41) is 3.78. The summed E-state index contributed by atoms with van der Waals surface area (Å²) in [6, 6.07) is 21.1. The molecule has 1 N–H and O–H groups in total. The van der Waals surface area contributed by atoms with Crippen LogP contribution in [0.4, 0.5) is 0 Å². The maximum absolute atomic E-state index is 13.4. The molecule has 0 aliphatic rings. The van der Waals surface area contributed by atoms with Crippen molar-refractivity contribution in [3.63, 3.8) is 0 Å². The Morgan fingerprint density at radius 2 is 1.74 bits per heavy atom. The number of likely N-dealkylation sites (N-methyl/N-ethyl adjacent to an activating group) is 1. The Kier molecular flexibility index (Phi) is 9.81. The normalized spacial score (nSPS) is 11.5. The summed E-state index contributed by atoms with van der Waals surface area (Å²) in [5.41, 5.74) is 1.62. The molecule has 3 rings (SSSR count). The van der Waals surface area contributed by atoms with Gasteiger partial charge in [-0.15, -0.1) is 0 Å². The van der Waals surface area contributed by atoms with E-state index in [2.05, 4.69) is 21.2 Å². The van der Waals surface area contributed by atoms with Crippen molar-refractivity contribution in [2.45, 2.75) is 25.9 Å². The third-order valence-corrected chi connectivity index (χ3v) is 6.27. The minimum atomic E-state index is -0.755. The van der Waals surface area contributed by atoms with Crippen molar-refractivity contribution < 1.29 is 14.3 Å². The minimum Gasteiger partial charge on any atom is -0.484 e. The molecule has 0 aliphatic carbocycles. The molecule has 3 aromatic carbocycles. The van der Waals surface area contributed by atoms with Gasteiger partial charge < -0.3 is 15.0 Å². The van der Waals surface area contributed by atoms with E-state index >= 15 is 0 Å². The molecular formula is C26H25BrCl2N2O3. The summed E-state index contributed by atoms with van der Waals surface area (Å²) >= 11 is 15.8. The molecule has 1 atom stereocenters. The SMILES string of the molecule is CCNC(=O)[C@@H](Cc1ccccc1)N(Cc1ccc(Cl)cc1Cl)C(=O)COc1ccc(Br)cc1. The van der Waals surface area contributed by atoms with Gasteiger partial charge in [-0.1, -0.05) is 75.5 Å². The van der Waals surface area contributed by atoms with E-state index in [1.54, 1.807) is 30.3 Å². The van der Waals surface area contributed by atoms with Crippen LogP contribution in [0.15, 0.2) is 77.3 Å². The molecule has 178 valence electrons. The molecule has 5 nitrogen and oxygen atoms in total. The zero-order chi connectivity index (χ0) is 24.5. The quantitative estimate of drug-likeness (QED) is 0.333. The molecule has 34 heavy (non-hydrogen) atoms. The summed E-state index contributed by atoms with van der Waals surface area (Å²) < 4.78 is 6.64. The predicted octanol–water partition coefficient (Wildman–Crippen LogP) is 5.91. The lowest BCUT2D eigenvalue weighted by atomic mass is 10.0. The Labute approximate surface area is 218 Å². The maximum Gasteiger partial charge on any atom is 0.261 e. The van der Waals surface area contributed by atoms with E-state index in [0.29, 0.717) is 34.3 Å². The van der Waals surface area contributed by atoms with E-state index in [9.17, 15) is 9.59 Å². The third kappa shape index (κ3) is 7.49. The van der Waals surface area contributed by atoms with E-state index in [-0.39, 0.29) is 25.0 Å². The lowest BCUT2D eigenvalue weighted by Crippen LogP contribution is -2.51. The molecule has 0 bridgehead atoms. The summed E-state index contributed by atoms with van der Waals surface area (Å²) in [4.78, 5) is 28.1. The minimum absolute atomic E-state index is 0.132. The second kappa shape index (κ2) is 12.8. The van der Waals surface area contributed by atoms with E-state index < -0.39 is 6.04 Å². The average molecular weight is 564 g/mol. The van der Waals surface area contributed by atoms with Gasteiger partial charge in [0, 0.05) is 34.0 Å². The average Bonchev–Trinajstić information content (AvgIpc) is 2.82. The van der Waals surface area contributed by atoms with E-state index in [1.165, 1.54) is 4.90 Å². The first-order chi connectivity index (χ1) is 16.4. The summed E-state index contributed by atoms with van der Waals surface area (Å²) in [7, 11) is 0. The molecule has 0 aliphatic heterocycles. The lowest BCUT2D eigenvalue weighted by Gasteiger charge is -2.31. The van der Waals surface area contributed by atoms with E-state index in [4.69, 9.17) is 27.9 Å². The number of carbonyl (C=O) groups is 2. The number of nitrogens with one attached hydrogen (secondary N) is 1. The van der Waals surface area contributed by atoms with Crippen molar-refractivity contribution in [2.75, 3.05) is 13.2 Å². The molecule has 0 unspecified atom stereocenters. The van der Waals surface area contributed by atoms with Crippen molar-refractivity contribution in [3.8, 4) is 5.75 Å². The number of halogens is 3. The van der Waals surface area contributed by atoms with Gasteiger partial charge in [-0.05, 0) is 54.4 Å². The standard InChI is InChI=1S/C26H25BrCl2N2O3/c1-2-30-26(33)24(14-18-6-4-3-5-7-18)31(16-19-8-11-21(28)15-23(19)29)25(32)17-34-22-12-9-20(27)10-13-22/h3-13,15,24H,2,14,16-17H2,1H3,(H,30,33)/t24-/m1/s1. The predicted molar refractivity (Wildman–Crippen MR) is 139 cm³/mol. The monoisotopic (exact) mass is 562 g/mol. The van der Waals surface area contributed by atoms with Crippen LogP contribution in [0.2, 0.25) is 10.0 Å². The molecule has 2 amide bonds. The number of ether oxygens (including phenoxy) is 1. The number of benzene rings is 3. The first-order valence-corrected chi connectivity index (χ1v) is 12.4. The zero-order valence-corrected chi connectivity index (χ0v) is 21.7.